The number of rotatable bonds is 4. The van der Waals surface area contributed by atoms with Crippen molar-refractivity contribution in [3.05, 3.63) is 34.9 Å². The zero-order chi connectivity index (χ0) is 14.8. The third kappa shape index (κ3) is 4.06. The second-order valence-electron chi connectivity index (χ2n) is 5.58. The van der Waals surface area contributed by atoms with Crippen LogP contribution in [-0.4, -0.2) is 25.7 Å². The van der Waals surface area contributed by atoms with Gasteiger partial charge in [0.1, 0.15) is 15.6 Å². The summed E-state index contributed by atoms with van der Waals surface area (Å²) in [5, 5.41) is 0.298. The number of hydrogen-bond acceptors (Lipinski definition) is 3. The van der Waals surface area contributed by atoms with Crippen LogP contribution in [0.3, 0.4) is 0 Å². The van der Waals surface area contributed by atoms with Crippen molar-refractivity contribution in [3.8, 4) is 0 Å². The molecular weight excluding hydrogens is 296 g/mol. The van der Waals surface area contributed by atoms with E-state index in [1.807, 2.05) is 12.1 Å². The van der Waals surface area contributed by atoms with E-state index in [9.17, 15) is 13.2 Å². The van der Waals surface area contributed by atoms with Gasteiger partial charge in [0.2, 0.25) is 0 Å². The van der Waals surface area contributed by atoms with Crippen LogP contribution >= 0.6 is 11.6 Å². The van der Waals surface area contributed by atoms with Crippen LogP contribution in [-0.2, 0) is 21.1 Å². The molecule has 1 aliphatic carbocycles. The molecule has 1 saturated carbocycles. The number of Topliss-reactive ketones (excluding diaryl/α,β-unsaturated/α-hetero) is 1. The Hall–Kier alpha value is -0.870. The van der Waals surface area contributed by atoms with Crippen molar-refractivity contribution in [2.45, 2.75) is 37.4 Å². The molecule has 5 heteroatoms. The number of ketones is 1. The van der Waals surface area contributed by atoms with Gasteiger partial charge in [-0.2, -0.15) is 0 Å². The third-order valence-electron chi connectivity index (χ3n) is 3.98. The maximum atomic E-state index is 12.3. The summed E-state index contributed by atoms with van der Waals surface area (Å²) >= 11 is 5.81. The lowest BCUT2D eigenvalue weighted by Gasteiger charge is -2.27. The molecule has 110 valence electrons. The highest BCUT2D eigenvalue weighted by atomic mass is 35.5. The van der Waals surface area contributed by atoms with E-state index in [4.69, 9.17) is 11.6 Å². The van der Waals surface area contributed by atoms with Crippen molar-refractivity contribution in [1.82, 2.24) is 0 Å². The summed E-state index contributed by atoms with van der Waals surface area (Å²) in [6, 6.07) is 7.23. The fourth-order valence-electron chi connectivity index (χ4n) is 2.77. The minimum absolute atomic E-state index is 0.126. The molecule has 0 spiro atoms. The molecular formula is C15H19ClO3S. The predicted octanol–water partition coefficient (Wildman–Crippen LogP) is 3.06. The second kappa shape index (κ2) is 6.27. The molecule has 0 aromatic heterocycles. The number of halogens is 1. The Morgan fingerprint density at radius 1 is 1.25 bits per heavy atom. The Morgan fingerprint density at radius 3 is 2.50 bits per heavy atom. The number of carbonyl (C=O) groups is 1. The highest BCUT2D eigenvalue weighted by molar-refractivity contribution is 7.91. The number of carbonyl (C=O) groups excluding carboxylic acids is 1. The van der Waals surface area contributed by atoms with E-state index in [0.29, 0.717) is 24.3 Å². The molecule has 2 rings (SSSR count). The van der Waals surface area contributed by atoms with Crippen LogP contribution in [0, 0.1) is 5.92 Å². The highest BCUT2D eigenvalue weighted by Gasteiger charge is 2.32. The van der Waals surface area contributed by atoms with Gasteiger partial charge in [0.25, 0.3) is 0 Å². The van der Waals surface area contributed by atoms with Crippen LogP contribution in [0.15, 0.2) is 24.3 Å². The van der Waals surface area contributed by atoms with Gasteiger partial charge in [0.05, 0.1) is 5.25 Å². The summed E-state index contributed by atoms with van der Waals surface area (Å²) in [6.45, 7) is 0. The maximum Gasteiger partial charge on any atom is 0.150 e. The van der Waals surface area contributed by atoms with E-state index in [1.54, 1.807) is 12.1 Å². The predicted molar refractivity (Wildman–Crippen MR) is 80.8 cm³/mol. The van der Waals surface area contributed by atoms with E-state index in [2.05, 4.69) is 0 Å². The molecule has 0 N–H and O–H groups in total. The molecule has 0 saturated heterocycles. The lowest BCUT2D eigenvalue weighted by molar-refractivity contribution is -0.123. The van der Waals surface area contributed by atoms with Crippen molar-refractivity contribution in [1.29, 1.82) is 0 Å². The molecule has 1 fully saturated rings. The van der Waals surface area contributed by atoms with Crippen molar-refractivity contribution >= 4 is 27.2 Å². The first-order valence-electron chi connectivity index (χ1n) is 6.82. The molecule has 0 aliphatic heterocycles. The number of hydrogen-bond donors (Lipinski definition) is 0. The smallest absolute Gasteiger partial charge is 0.150 e. The first-order valence-corrected chi connectivity index (χ1v) is 9.15. The summed E-state index contributed by atoms with van der Waals surface area (Å²) in [5.41, 5.74) is 0.931. The third-order valence-corrected chi connectivity index (χ3v) is 5.87. The summed E-state index contributed by atoms with van der Waals surface area (Å²) in [5.74, 6) is 0.0137. The molecule has 0 bridgehead atoms. The molecule has 0 amide bonds. The minimum Gasteiger partial charge on any atom is -0.299 e. The van der Waals surface area contributed by atoms with Gasteiger partial charge in [-0.3, -0.25) is 4.79 Å². The molecule has 1 aromatic carbocycles. The zero-order valence-electron chi connectivity index (χ0n) is 11.5. The average molecular weight is 315 g/mol. The first kappa shape index (κ1) is 15.5. The van der Waals surface area contributed by atoms with Crippen LogP contribution < -0.4 is 0 Å². The Balaban J connectivity index is 2.00. The second-order valence-corrected chi connectivity index (χ2v) is 8.35. The molecule has 0 heterocycles. The standard InChI is InChI=1S/C15H19ClO3S/c1-20(18,19)14-4-2-3-12(10-14)15(17)9-11-5-7-13(16)8-6-11/h5-8,12,14H,2-4,9-10H2,1H3. The fourth-order valence-corrected chi connectivity index (χ4v) is 4.08. The van der Waals surface area contributed by atoms with Crippen molar-refractivity contribution < 1.29 is 13.2 Å². The highest BCUT2D eigenvalue weighted by Crippen LogP contribution is 2.30. The number of benzene rings is 1. The quantitative estimate of drug-likeness (QED) is 0.858. The van der Waals surface area contributed by atoms with Gasteiger partial charge < -0.3 is 0 Å². The van der Waals surface area contributed by atoms with Crippen LogP contribution in [0.2, 0.25) is 5.02 Å². The van der Waals surface area contributed by atoms with Gasteiger partial charge in [0.15, 0.2) is 0 Å². The molecule has 1 aromatic rings. The molecule has 20 heavy (non-hydrogen) atoms. The molecule has 0 radical (unpaired) electrons. The van der Waals surface area contributed by atoms with Gasteiger partial charge >= 0.3 is 0 Å². The fraction of sp³-hybridized carbons (Fsp3) is 0.533. The summed E-state index contributed by atoms with van der Waals surface area (Å²) < 4.78 is 23.2. The van der Waals surface area contributed by atoms with Crippen LogP contribution in [0.25, 0.3) is 0 Å². The summed E-state index contributed by atoms with van der Waals surface area (Å²) in [6.07, 6.45) is 4.41. The Kier molecular flexibility index (Phi) is 4.86. The van der Waals surface area contributed by atoms with E-state index in [0.717, 1.165) is 18.4 Å². The topological polar surface area (TPSA) is 51.2 Å². The van der Waals surface area contributed by atoms with Crippen LogP contribution in [0.4, 0.5) is 0 Å². The van der Waals surface area contributed by atoms with Crippen molar-refractivity contribution in [2.24, 2.45) is 5.92 Å². The minimum atomic E-state index is -3.04. The van der Waals surface area contributed by atoms with Gasteiger partial charge in [-0.25, -0.2) is 8.42 Å². The first-order chi connectivity index (χ1) is 9.36. The van der Waals surface area contributed by atoms with E-state index < -0.39 is 9.84 Å². The lowest BCUT2D eigenvalue weighted by atomic mass is 9.84. The van der Waals surface area contributed by atoms with Crippen molar-refractivity contribution in [3.63, 3.8) is 0 Å². The van der Waals surface area contributed by atoms with Gasteiger partial charge in [0, 0.05) is 23.6 Å². The van der Waals surface area contributed by atoms with Gasteiger partial charge in [-0.05, 0) is 37.0 Å². The molecule has 2 unspecified atom stereocenters. The summed E-state index contributed by atoms with van der Waals surface area (Å²) in [7, 11) is -3.04. The Bertz CT molecular complexity index is 578. The van der Waals surface area contributed by atoms with Crippen LogP contribution in [0.5, 0.6) is 0 Å². The van der Waals surface area contributed by atoms with Crippen molar-refractivity contribution in [2.75, 3.05) is 6.26 Å². The largest absolute Gasteiger partial charge is 0.299 e. The Morgan fingerprint density at radius 2 is 1.90 bits per heavy atom. The normalized spacial score (nSPS) is 23.5. The molecule has 3 nitrogen and oxygen atoms in total. The van der Waals surface area contributed by atoms with E-state index in [1.165, 1.54) is 6.26 Å². The Labute approximate surface area is 125 Å². The zero-order valence-corrected chi connectivity index (χ0v) is 13.1. The molecule has 1 aliphatic rings. The molecule has 2 atom stereocenters. The van der Waals surface area contributed by atoms with Gasteiger partial charge in [-0.1, -0.05) is 30.2 Å². The van der Waals surface area contributed by atoms with Crippen LogP contribution in [0.1, 0.15) is 31.2 Å². The number of sulfone groups is 1. The lowest BCUT2D eigenvalue weighted by Crippen LogP contribution is -2.31. The van der Waals surface area contributed by atoms with Gasteiger partial charge in [-0.15, -0.1) is 0 Å². The monoisotopic (exact) mass is 314 g/mol. The van der Waals surface area contributed by atoms with E-state index >= 15 is 0 Å². The maximum absolute atomic E-state index is 12.3. The average Bonchev–Trinajstić information content (AvgIpc) is 2.40. The SMILES string of the molecule is CS(=O)(=O)C1CCCC(C(=O)Cc2ccc(Cl)cc2)C1. The summed E-state index contributed by atoms with van der Waals surface area (Å²) in [4.78, 5) is 12.3. The van der Waals surface area contributed by atoms with E-state index in [-0.39, 0.29) is 17.0 Å².